The second-order valence-electron chi connectivity index (χ2n) is 5.45. The Morgan fingerprint density at radius 3 is 2.65 bits per heavy atom. The molecule has 0 aliphatic rings. The maximum Gasteiger partial charge on any atom is 0.471 e. The molecule has 0 aliphatic heterocycles. The second-order valence-corrected chi connectivity index (χ2v) is 5.45. The van der Waals surface area contributed by atoms with Gasteiger partial charge < -0.3 is 14.1 Å². The number of amides is 1. The Bertz CT molecular complexity index is 950. The average molecular weight is 364 g/mol. The normalized spacial score (nSPS) is 11.6. The molecule has 0 saturated heterocycles. The largest absolute Gasteiger partial charge is 0.497 e. The van der Waals surface area contributed by atoms with E-state index in [1.165, 1.54) is 32.2 Å². The molecule has 0 bridgehead atoms. The zero-order chi connectivity index (χ0) is 18.9. The van der Waals surface area contributed by atoms with Crippen molar-refractivity contribution >= 4 is 22.7 Å². The number of methoxy groups -OCH3 is 1. The van der Waals surface area contributed by atoms with E-state index in [-0.39, 0.29) is 12.2 Å². The molecule has 1 aromatic heterocycles. The summed E-state index contributed by atoms with van der Waals surface area (Å²) in [6.45, 7) is 1.35. The number of oxazole rings is 1. The van der Waals surface area contributed by atoms with Crippen molar-refractivity contribution in [3.63, 3.8) is 0 Å². The van der Waals surface area contributed by atoms with Crippen LogP contribution in [0.4, 0.5) is 18.9 Å². The summed E-state index contributed by atoms with van der Waals surface area (Å²) < 4.78 is 49.0. The molecular formula is C18H15F3N2O3. The number of ether oxygens (including phenoxy) is 1. The topological polar surface area (TPSA) is 55.6 Å². The van der Waals surface area contributed by atoms with E-state index in [0.29, 0.717) is 33.2 Å². The van der Waals surface area contributed by atoms with Crippen LogP contribution in [-0.2, 0) is 4.79 Å². The third-order valence-electron chi connectivity index (χ3n) is 3.80. The number of fused-ring (bicyclic) bond motifs is 1. The predicted molar refractivity (Wildman–Crippen MR) is 90.1 cm³/mol. The van der Waals surface area contributed by atoms with Crippen molar-refractivity contribution in [1.29, 1.82) is 0 Å². The van der Waals surface area contributed by atoms with Gasteiger partial charge in [-0.3, -0.25) is 4.79 Å². The highest BCUT2D eigenvalue weighted by Gasteiger charge is 2.42. The van der Waals surface area contributed by atoms with Crippen LogP contribution < -0.4 is 9.64 Å². The number of anilines is 1. The molecule has 8 heteroatoms. The van der Waals surface area contributed by atoms with Crippen LogP contribution in [0, 0.1) is 0 Å². The molecule has 2 aromatic carbocycles. The van der Waals surface area contributed by atoms with Gasteiger partial charge in [0.25, 0.3) is 0 Å². The maximum atomic E-state index is 12.7. The molecule has 1 heterocycles. The predicted octanol–water partition coefficient (Wildman–Crippen LogP) is 4.42. The second kappa shape index (κ2) is 6.70. The van der Waals surface area contributed by atoms with Crippen LogP contribution in [0.15, 0.2) is 46.9 Å². The molecule has 0 fully saturated rings. The molecule has 0 saturated carbocycles. The van der Waals surface area contributed by atoms with Crippen LogP contribution in [0.1, 0.15) is 6.92 Å². The third kappa shape index (κ3) is 3.35. The van der Waals surface area contributed by atoms with Crippen molar-refractivity contribution in [3.05, 3.63) is 42.5 Å². The number of rotatable bonds is 4. The summed E-state index contributed by atoms with van der Waals surface area (Å²) in [5.41, 5.74) is 1.53. The van der Waals surface area contributed by atoms with Crippen LogP contribution in [0.5, 0.6) is 5.75 Å². The number of carbonyl (C=O) groups is 1. The lowest BCUT2D eigenvalue weighted by atomic mass is 10.2. The zero-order valence-corrected chi connectivity index (χ0v) is 14.0. The molecule has 0 unspecified atom stereocenters. The van der Waals surface area contributed by atoms with E-state index in [0.717, 1.165) is 0 Å². The smallest absolute Gasteiger partial charge is 0.471 e. The highest BCUT2D eigenvalue weighted by Crippen LogP contribution is 2.30. The molecule has 0 spiro atoms. The Hall–Kier alpha value is -3.03. The van der Waals surface area contributed by atoms with E-state index >= 15 is 0 Å². The van der Waals surface area contributed by atoms with Gasteiger partial charge in [0, 0.05) is 17.8 Å². The first-order valence-corrected chi connectivity index (χ1v) is 7.77. The fraction of sp³-hybridized carbons (Fsp3) is 0.222. The van der Waals surface area contributed by atoms with Crippen LogP contribution in [0.25, 0.3) is 22.6 Å². The lowest BCUT2D eigenvalue weighted by Gasteiger charge is -2.21. The maximum absolute atomic E-state index is 12.7. The van der Waals surface area contributed by atoms with Crippen LogP contribution in [0.3, 0.4) is 0 Å². The summed E-state index contributed by atoms with van der Waals surface area (Å²) in [5.74, 6) is -0.990. The van der Waals surface area contributed by atoms with Gasteiger partial charge in [-0.25, -0.2) is 4.98 Å². The van der Waals surface area contributed by atoms with Gasteiger partial charge in [-0.2, -0.15) is 13.2 Å². The van der Waals surface area contributed by atoms with Gasteiger partial charge >= 0.3 is 12.1 Å². The number of halogens is 3. The number of alkyl halides is 3. The Balaban J connectivity index is 2.00. The SMILES string of the molecule is CCN(C(=O)C(F)(F)F)c1ccc2oc(-c3cccc(OC)c3)nc2c1. The molecule has 5 nitrogen and oxygen atoms in total. The minimum Gasteiger partial charge on any atom is -0.497 e. The minimum absolute atomic E-state index is 0.104. The van der Waals surface area contributed by atoms with Gasteiger partial charge in [0.2, 0.25) is 5.89 Å². The van der Waals surface area contributed by atoms with E-state index < -0.39 is 12.1 Å². The van der Waals surface area contributed by atoms with Crippen molar-refractivity contribution in [1.82, 2.24) is 4.98 Å². The average Bonchev–Trinajstić information content (AvgIpc) is 3.05. The Kier molecular flexibility index (Phi) is 4.58. The molecular weight excluding hydrogens is 349 g/mol. The molecule has 26 heavy (non-hydrogen) atoms. The van der Waals surface area contributed by atoms with Gasteiger partial charge in [0.1, 0.15) is 11.3 Å². The van der Waals surface area contributed by atoms with Crippen LogP contribution >= 0.6 is 0 Å². The van der Waals surface area contributed by atoms with Gasteiger partial charge in [0.15, 0.2) is 5.58 Å². The summed E-state index contributed by atoms with van der Waals surface area (Å²) in [6.07, 6.45) is -4.94. The Morgan fingerprint density at radius 2 is 2.00 bits per heavy atom. The highest BCUT2D eigenvalue weighted by molar-refractivity contribution is 5.98. The fourth-order valence-corrected chi connectivity index (χ4v) is 2.56. The standard InChI is InChI=1S/C18H15F3N2O3/c1-3-23(17(24)18(19,20)21)12-7-8-15-14(10-12)22-16(26-15)11-5-4-6-13(9-11)25-2/h4-10H,3H2,1-2H3. The molecule has 0 atom stereocenters. The number of benzene rings is 2. The summed E-state index contributed by atoms with van der Waals surface area (Å²) in [4.78, 5) is 16.5. The van der Waals surface area contributed by atoms with Crippen LogP contribution in [0.2, 0.25) is 0 Å². The Morgan fingerprint density at radius 1 is 1.23 bits per heavy atom. The van der Waals surface area contributed by atoms with E-state index in [2.05, 4.69) is 4.98 Å². The molecule has 0 N–H and O–H groups in total. The number of aromatic nitrogens is 1. The third-order valence-corrected chi connectivity index (χ3v) is 3.80. The van der Waals surface area contributed by atoms with Gasteiger partial charge in [0.05, 0.1) is 7.11 Å². The van der Waals surface area contributed by atoms with Crippen molar-refractivity contribution < 1.29 is 27.1 Å². The van der Waals surface area contributed by atoms with E-state index in [4.69, 9.17) is 9.15 Å². The van der Waals surface area contributed by atoms with Crippen LogP contribution in [-0.4, -0.2) is 30.7 Å². The monoisotopic (exact) mass is 364 g/mol. The van der Waals surface area contributed by atoms with Gasteiger partial charge in [-0.1, -0.05) is 6.07 Å². The zero-order valence-electron chi connectivity index (χ0n) is 14.0. The summed E-state index contributed by atoms with van der Waals surface area (Å²) in [7, 11) is 1.54. The molecule has 0 aliphatic carbocycles. The molecule has 3 rings (SSSR count). The lowest BCUT2D eigenvalue weighted by Crippen LogP contribution is -2.41. The number of nitrogens with zero attached hydrogens (tertiary/aromatic N) is 2. The molecule has 136 valence electrons. The van der Waals surface area contributed by atoms with E-state index in [1.54, 1.807) is 24.3 Å². The van der Waals surface area contributed by atoms with Crippen molar-refractivity contribution in [2.75, 3.05) is 18.6 Å². The lowest BCUT2D eigenvalue weighted by molar-refractivity contribution is -0.170. The van der Waals surface area contributed by atoms with Crippen molar-refractivity contribution in [2.24, 2.45) is 0 Å². The summed E-state index contributed by atoms with van der Waals surface area (Å²) >= 11 is 0. The van der Waals surface area contributed by atoms with Gasteiger partial charge in [-0.05, 0) is 43.3 Å². The number of hydrogen-bond donors (Lipinski definition) is 0. The van der Waals surface area contributed by atoms with Gasteiger partial charge in [-0.15, -0.1) is 0 Å². The Labute approximate surface area is 147 Å². The molecule has 3 aromatic rings. The summed E-state index contributed by atoms with van der Waals surface area (Å²) in [5, 5.41) is 0. The summed E-state index contributed by atoms with van der Waals surface area (Å²) in [6, 6.07) is 11.3. The molecule has 1 amide bonds. The number of hydrogen-bond acceptors (Lipinski definition) is 4. The van der Waals surface area contributed by atoms with E-state index in [9.17, 15) is 18.0 Å². The highest BCUT2D eigenvalue weighted by atomic mass is 19.4. The first-order valence-electron chi connectivity index (χ1n) is 7.77. The first-order chi connectivity index (χ1) is 12.3. The molecule has 0 radical (unpaired) electrons. The van der Waals surface area contributed by atoms with Crippen molar-refractivity contribution in [2.45, 2.75) is 13.1 Å². The number of carbonyl (C=O) groups excluding carboxylic acids is 1. The van der Waals surface area contributed by atoms with E-state index in [1.807, 2.05) is 0 Å². The fourth-order valence-electron chi connectivity index (χ4n) is 2.56. The minimum atomic E-state index is -4.94. The van der Waals surface area contributed by atoms with Crippen molar-refractivity contribution in [3.8, 4) is 17.2 Å². The first kappa shape index (κ1) is 17.8. The quantitative estimate of drug-likeness (QED) is 0.688.